The van der Waals surface area contributed by atoms with Crippen LogP contribution >= 0.6 is 24.0 Å². The normalized spacial score (nSPS) is 12.1. The van der Waals surface area contributed by atoms with Crippen LogP contribution in [0.25, 0.3) is 0 Å². The maximum atomic E-state index is 12.9. The van der Waals surface area contributed by atoms with Crippen molar-refractivity contribution in [2.24, 2.45) is 5.73 Å². The fourth-order valence-corrected chi connectivity index (χ4v) is 2.61. The second kappa shape index (κ2) is 6.76. The predicted molar refractivity (Wildman–Crippen MR) is 67.8 cm³/mol. The minimum atomic E-state index is -4.31. The molecule has 4 nitrogen and oxygen atoms in total. The van der Waals surface area contributed by atoms with Crippen LogP contribution in [0.3, 0.4) is 0 Å². The zero-order chi connectivity index (χ0) is 14.0. The predicted octanol–water partition coefficient (Wildman–Crippen LogP) is 1.77. The largest absolute Gasteiger partial charge is 0.325 e. The molecule has 1 aromatic rings. The van der Waals surface area contributed by atoms with Crippen LogP contribution in [0.15, 0.2) is 23.1 Å². The number of sulfonamides is 1. The Kier molecular flexibility index (Phi) is 6.56. The lowest BCUT2D eigenvalue weighted by molar-refractivity contribution is 0.0170. The number of hydrogen-bond acceptors (Lipinski definition) is 3. The lowest BCUT2D eigenvalue weighted by atomic mass is 10.3. The Hall–Kier alpha value is -0.540. The Bertz CT molecular complexity index is 540. The summed E-state index contributed by atoms with van der Waals surface area (Å²) in [6.07, 6.45) is 0. The van der Waals surface area contributed by atoms with Crippen LogP contribution in [-0.2, 0) is 10.0 Å². The van der Waals surface area contributed by atoms with Gasteiger partial charge in [0, 0.05) is 0 Å². The van der Waals surface area contributed by atoms with E-state index in [0.29, 0.717) is 6.07 Å². The van der Waals surface area contributed by atoms with Crippen molar-refractivity contribution in [2.45, 2.75) is 10.8 Å². The van der Waals surface area contributed by atoms with Gasteiger partial charge in [0.25, 0.3) is 5.92 Å². The molecule has 0 aliphatic carbocycles. The highest BCUT2D eigenvalue weighted by Gasteiger charge is 2.30. The topological polar surface area (TPSA) is 72.2 Å². The van der Waals surface area contributed by atoms with Crippen LogP contribution in [-0.4, -0.2) is 27.4 Å². The number of rotatable bonds is 5. The maximum absolute atomic E-state index is 12.9. The zero-order valence-corrected chi connectivity index (χ0v) is 11.8. The summed E-state index contributed by atoms with van der Waals surface area (Å²) < 4.78 is 63.4. The van der Waals surface area contributed by atoms with E-state index in [9.17, 15) is 21.6 Å². The minimum Gasteiger partial charge on any atom is -0.325 e. The van der Waals surface area contributed by atoms with E-state index in [1.165, 1.54) is 0 Å². The Balaban J connectivity index is 0.00000324. The van der Waals surface area contributed by atoms with Gasteiger partial charge in [-0.3, -0.25) is 0 Å². The van der Waals surface area contributed by atoms with Crippen LogP contribution in [0, 0.1) is 5.82 Å². The molecule has 0 aliphatic rings. The first-order chi connectivity index (χ1) is 8.18. The first-order valence-corrected chi connectivity index (χ1v) is 6.57. The standard InChI is InChI=1S/C9H10ClF3N2O2S.ClH/c10-7-2-1-6(11)3-8(7)18(16,17)15-5-9(12,13)4-14;/h1-3,15H,4-5,14H2;1H. The van der Waals surface area contributed by atoms with Crippen molar-refractivity contribution in [1.82, 2.24) is 4.72 Å². The van der Waals surface area contributed by atoms with E-state index in [0.717, 1.165) is 12.1 Å². The van der Waals surface area contributed by atoms with Crippen molar-refractivity contribution < 1.29 is 21.6 Å². The molecule has 10 heteroatoms. The lowest BCUT2D eigenvalue weighted by Gasteiger charge is -2.15. The monoisotopic (exact) mass is 338 g/mol. The first-order valence-electron chi connectivity index (χ1n) is 4.70. The molecule has 0 atom stereocenters. The molecule has 0 unspecified atom stereocenters. The molecule has 3 N–H and O–H groups in total. The van der Waals surface area contributed by atoms with E-state index in [4.69, 9.17) is 17.3 Å². The lowest BCUT2D eigenvalue weighted by Crippen LogP contribution is -2.41. The number of hydrogen-bond donors (Lipinski definition) is 2. The Morgan fingerprint density at radius 2 is 1.95 bits per heavy atom. The Labute approximate surface area is 119 Å². The average Bonchev–Trinajstić information content (AvgIpc) is 2.30. The molecule has 0 aromatic heterocycles. The Morgan fingerprint density at radius 1 is 1.37 bits per heavy atom. The summed E-state index contributed by atoms with van der Waals surface area (Å²) in [7, 11) is -4.31. The van der Waals surface area contributed by atoms with Crippen LogP contribution in [0.2, 0.25) is 5.02 Å². The summed E-state index contributed by atoms with van der Waals surface area (Å²) in [5, 5.41) is -0.264. The smallest absolute Gasteiger partial charge is 0.273 e. The van der Waals surface area contributed by atoms with E-state index in [-0.39, 0.29) is 17.4 Å². The molecule has 0 fully saturated rings. The molecule has 0 radical (unpaired) electrons. The van der Waals surface area contributed by atoms with Crippen molar-refractivity contribution in [3.8, 4) is 0 Å². The van der Waals surface area contributed by atoms with Crippen molar-refractivity contribution in [2.75, 3.05) is 13.1 Å². The third-order valence-electron chi connectivity index (χ3n) is 2.00. The quantitative estimate of drug-likeness (QED) is 0.859. The molecule has 0 heterocycles. The average molecular weight is 339 g/mol. The second-order valence-electron chi connectivity index (χ2n) is 3.46. The number of nitrogens with two attached hydrogens (primary N) is 1. The van der Waals surface area contributed by atoms with Crippen LogP contribution in [0.1, 0.15) is 0 Å². The molecule has 0 saturated carbocycles. The molecule has 110 valence electrons. The fourth-order valence-electron chi connectivity index (χ4n) is 1.03. The SMILES string of the molecule is Cl.NCC(F)(F)CNS(=O)(=O)c1cc(F)ccc1Cl. The van der Waals surface area contributed by atoms with Gasteiger partial charge >= 0.3 is 0 Å². The van der Waals surface area contributed by atoms with Gasteiger partial charge in [-0.2, -0.15) is 0 Å². The van der Waals surface area contributed by atoms with Gasteiger partial charge in [0.05, 0.1) is 18.1 Å². The molecule has 0 saturated heterocycles. The molecule has 0 bridgehead atoms. The van der Waals surface area contributed by atoms with E-state index >= 15 is 0 Å². The van der Waals surface area contributed by atoms with Gasteiger partial charge in [0.1, 0.15) is 10.7 Å². The highest BCUT2D eigenvalue weighted by atomic mass is 35.5. The number of alkyl halides is 2. The van der Waals surface area contributed by atoms with Gasteiger partial charge in [-0.05, 0) is 18.2 Å². The maximum Gasteiger partial charge on any atom is 0.273 e. The summed E-state index contributed by atoms with van der Waals surface area (Å²) in [5.41, 5.74) is 4.76. The van der Waals surface area contributed by atoms with Gasteiger partial charge in [0.15, 0.2) is 0 Å². The molecule has 1 aromatic carbocycles. The highest BCUT2D eigenvalue weighted by molar-refractivity contribution is 7.89. The van der Waals surface area contributed by atoms with Crippen molar-refractivity contribution in [3.05, 3.63) is 29.0 Å². The summed E-state index contributed by atoms with van der Waals surface area (Å²) in [6.45, 7) is -2.19. The van der Waals surface area contributed by atoms with Gasteiger partial charge in [-0.15, -0.1) is 12.4 Å². The van der Waals surface area contributed by atoms with Gasteiger partial charge in [0.2, 0.25) is 10.0 Å². The van der Waals surface area contributed by atoms with Crippen molar-refractivity contribution in [3.63, 3.8) is 0 Å². The zero-order valence-electron chi connectivity index (χ0n) is 9.37. The summed E-state index contributed by atoms with van der Waals surface area (Å²) in [6, 6.07) is 2.62. The fraction of sp³-hybridized carbons (Fsp3) is 0.333. The van der Waals surface area contributed by atoms with Crippen LogP contribution in [0.4, 0.5) is 13.2 Å². The third-order valence-corrected chi connectivity index (χ3v) is 3.89. The Morgan fingerprint density at radius 3 is 2.47 bits per heavy atom. The van der Waals surface area contributed by atoms with E-state index < -0.39 is 39.7 Å². The van der Waals surface area contributed by atoms with E-state index in [1.54, 1.807) is 4.72 Å². The molecule has 0 aliphatic heterocycles. The molecule has 1 rings (SSSR count). The number of benzene rings is 1. The minimum absolute atomic E-state index is 0. The molecule has 19 heavy (non-hydrogen) atoms. The molecular weight excluding hydrogens is 328 g/mol. The molecular formula is C9H11Cl2F3N2O2S. The summed E-state index contributed by atoms with van der Waals surface area (Å²) in [4.78, 5) is -0.600. The number of nitrogens with one attached hydrogen (secondary N) is 1. The molecule has 0 spiro atoms. The third kappa shape index (κ3) is 5.15. The first kappa shape index (κ1) is 18.5. The summed E-state index contributed by atoms with van der Waals surface area (Å²) in [5.74, 6) is -4.22. The second-order valence-corrected chi connectivity index (χ2v) is 5.60. The molecule has 0 amide bonds. The van der Waals surface area contributed by atoms with Gasteiger partial charge in [-0.25, -0.2) is 26.3 Å². The van der Waals surface area contributed by atoms with E-state index in [2.05, 4.69) is 0 Å². The highest BCUT2D eigenvalue weighted by Crippen LogP contribution is 2.22. The van der Waals surface area contributed by atoms with Gasteiger partial charge < -0.3 is 5.73 Å². The van der Waals surface area contributed by atoms with Crippen LogP contribution in [0.5, 0.6) is 0 Å². The van der Waals surface area contributed by atoms with Crippen LogP contribution < -0.4 is 10.5 Å². The summed E-state index contributed by atoms with van der Waals surface area (Å²) >= 11 is 5.57. The van der Waals surface area contributed by atoms with E-state index in [1.807, 2.05) is 0 Å². The van der Waals surface area contributed by atoms with Crippen molar-refractivity contribution >= 4 is 34.0 Å². The van der Waals surface area contributed by atoms with Gasteiger partial charge in [-0.1, -0.05) is 11.6 Å². The number of halogens is 5. The van der Waals surface area contributed by atoms with Crippen molar-refractivity contribution in [1.29, 1.82) is 0 Å².